The minimum atomic E-state index is -0.639. The van der Waals surface area contributed by atoms with Gasteiger partial charge in [-0.3, -0.25) is 4.79 Å². The standard InChI is InChI=1S/C19H20ClNO5S/c1-24-14-5-8-16(17(11-14)25-2)19(23)26-12-18(22)21-9-10-27-15-6-3-13(20)4-7-15/h3-8,11H,9-10,12H2,1-2H3,(H,21,22). The Labute approximate surface area is 167 Å². The van der Waals surface area contributed by atoms with Crippen LogP contribution in [-0.4, -0.2) is 45.0 Å². The molecule has 2 aromatic carbocycles. The fourth-order valence-corrected chi connectivity index (χ4v) is 3.01. The van der Waals surface area contributed by atoms with E-state index in [1.165, 1.54) is 20.3 Å². The molecule has 0 aliphatic rings. The molecule has 0 saturated heterocycles. The van der Waals surface area contributed by atoms with E-state index in [0.29, 0.717) is 28.8 Å². The number of carbonyl (C=O) groups is 2. The summed E-state index contributed by atoms with van der Waals surface area (Å²) in [6, 6.07) is 12.2. The Kier molecular flexibility index (Phi) is 8.29. The fraction of sp³-hybridized carbons (Fsp3) is 0.263. The number of amides is 1. The number of esters is 1. The highest BCUT2D eigenvalue weighted by Gasteiger charge is 2.16. The lowest BCUT2D eigenvalue weighted by Crippen LogP contribution is -2.30. The number of halogens is 1. The molecular formula is C19H20ClNO5S. The highest BCUT2D eigenvalue weighted by Crippen LogP contribution is 2.25. The van der Waals surface area contributed by atoms with Crippen molar-refractivity contribution in [2.75, 3.05) is 33.1 Å². The van der Waals surface area contributed by atoms with Crippen molar-refractivity contribution >= 4 is 35.2 Å². The number of thioether (sulfide) groups is 1. The van der Waals surface area contributed by atoms with Crippen LogP contribution in [-0.2, 0) is 9.53 Å². The van der Waals surface area contributed by atoms with E-state index in [1.807, 2.05) is 24.3 Å². The normalized spacial score (nSPS) is 10.2. The molecule has 0 saturated carbocycles. The number of ether oxygens (including phenoxy) is 3. The number of benzene rings is 2. The topological polar surface area (TPSA) is 73.9 Å². The van der Waals surface area contributed by atoms with E-state index in [0.717, 1.165) is 4.90 Å². The molecule has 0 radical (unpaired) electrons. The molecule has 6 nitrogen and oxygen atoms in total. The number of nitrogens with one attached hydrogen (secondary N) is 1. The van der Waals surface area contributed by atoms with E-state index in [1.54, 1.807) is 23.9 Å². The quantitative estimate of drug-likeness (QED) is 0.388. The van der Waals surface area contributed by atoms with Gasteiger partial charge < -0.3 is 19.5 Å². The maximum absolute atomic E-state index is 12.1. The Balaban J connectivity index is 1.73. The molecule has 0 bridgehead atoms. The average molecular weight is 410 g/mol. The van der Waals surface area contributed by atoms with Gasteiger partial charge in [0.2, 0.25) is 0 Å². The zero-order valence-electron chi connectivity index (χ0n) is 15.0. The number of hydrogen-bond acceptors (Lipinski definition) is 6. The molecule has 0 aromatic heterocycles. The molecule has 1 N–H and O–H groups in total. The van der Waals surface area contributed by atoms with Crippen LogP contribution >= 0.6 is 23.4 Å². The molecule has 144 valence electrons. The second-order valence-electron chi connectivity index (χ2n) is 5.29. The van der Waals surface area contributed by atoms with E-state index in [4.69, 9.17) is 25.8 Å². The first-order chi connectivity index (χ1) is 13.0. The Bertz CT molecular complexity index is 782. The first-order valence-corrected chi connectivity index (χ1v) is 9.44. The number of hydrogen-bond donors (Lipinski definition) is 1. The van der Waals surface area contributed by atoms with Gasteiger partial charge in [-0.2, -0.15) is 0 Å². The monoisotopic (exact) mass is 409 g/mol. The highest BCUT2D eigenvalue weighted by atomic mass is 35.5. The van der Waals surface area contributed by atoms with Crippen LogP contribution in [0.2, 0.25) is 5.02 Å². The summed E-state index contributed by atoms with van der Waals surface area (Å²) in [4.78, 5) is 25.0. The van der Waals surface area contributed by atoms with E-state index in [2.05, 4.69) is 5.32 Å². The second-order valence-corrected chi connectivity index (χ2v) is 6.90. The van der Waals surface area contributed by atoms with Crippen molar-refractivity contribution in [3.63, 3.8) is 0 Å². The maximum atomic E-state index is 12.1. The lowest BCUT2D eigenvalue weighted by molar-refractivity contribution is -0.124. The van der Waals surface area contributed by atoms with Gasteiger partial charge in [0.1, 0.15) is 17.1 Å². The van der Waals surface area contributed by atoms with E-state index >= 15 is 0 Å². The third-order valence-corrected chi connectivity index (χ3v) is 4.74. The largest absolute Gasteiger partial charge is 0.497 e. The van der Waals surface area contributed by atoms with Crippen molar-refractivity contribution in [1.82, 2.24) is 5.32 Å². The Morgan fingerprint density at radius 1 is 1.07 bits per heavy atom. The molecule has 27 heavy (non-hydrogen) atoms. The van der Waals surface area contributed by atoms with Crippen LogP contribution in [0.15, 0.2) is 47.4 Å². The summed E-state index contributed by atoms with van der Waals surface area (Å²) >= 11 is 7.42. The van der Waals surface area contributed by atoms with Gasteiger partial charge in [0, 0.05) is 28.3 Å². The predicted octanol–water partition coefficient (Wildman–Crippen LogP) is 3.42. The minimum absolute atomic E-state index is 0.226. The van der Waals surface area contributed by atoms with Gasteiger partial charge in [-0.25, -0.2) is 4.79 Å². The molecule has 0 heterocycles. The summed E-state index contributed by atoms with van der Waals surface area (Å²) in [7, 11) is 2.96. The first-order valence-electron chi connectivity index (χ1n) is 8.07. The van der Waals surface area contributed by atoms with Crippen molar-refractivity contribution in [2.45, 2.75) is 4.90 Å². The van der Waals surface area contributed by atoms with Crippen LogP contribution < -0.4 is 14.8 Å². The van der Waals surface area contributed by atoms with Crippen LogP contribution in [0.4, 0.5) is 0 Å². The average Bonchev–Trinajstić information content (AvgIpc) is 2.70. The van der Waals surface area contributed by atoms with Crippen molar-refractivity contribution in [3.05, 3.63) is 53.1 Å². The van der Waals surface area contributed by atoms with Crippen molar-refractivity contribution in [1.29, 1.82) is 0 Å². The lowest BCUT2D eigenvalue weighted by Gasteiger charge is -2.10. The van der Waals surface area contributed by atoms with Crippen LogP contribution in [0, 0.1) is 0 Å². The smallest absolute Gasteiger partial charge is 0.342 e. The summed E-state index contributed by atoms with van der Waals surface area (Å²) in [6.45, 7) is 0.0924. The van der Waals surface area contributed by atoms with Gasteiger partial charge in [0.25, 0.3) is 5.91 Å². The highest BCUT2D eigenvalue weighted by molar-refractivity contribution is 7.99. The molecular weight excluding hydrogens is 390 g/mol. The van der Waals surface area contributed by atoms with Gasteiger partial charge in [0.15, 0.2) is 6.61 Å². The van der Waals surface area contributed by atoms with Crippen molar-refractivity contribution in [3.8, 4) is 11.5 Å². The second kappa shape index (κ2) is 10.7. The molecule has 2 aromatic rings. The molecule has 0 spiro atoms. The predicted molar refractivity (Wildman–Crippen MR) is 105 cm³/mol. The zero-order chi connectivity index (χ0) is 19.6. The summed E-state index contributed by atoms with van der Waals surface area (Å²) in [5, 5.41) is 3.39. The van der Waals surface area contributed by atoms with Crippen molar-refractivity contribution < 1.29 is 23.8 Å². The minimum Gasteiger partial charge on any atom is -0.497 e. The molecule has 0 fully saturated rings. The van der Waals surface area contributed by atoms with Crippen molar-refractivity contribution in [2.24, 2.45) is 0 Å². The Morgan fingerprint density at radius 3 is 2.48 bits per heavy atom. The van der Waals surface area contributed by atoms with Gasteiger partial charge in [-0.1, -0.05) is 11.6 Å². The number of carbonyl (C=O) groups excluding carboxylic acids is 2. The van der Waals surface area contributed by atoms with Gasteiger partial charge >= 0.3 is 5.97 Å². The fourth-order valence-electron chi connectivity index (χ4n) is 2.12. The summed E-state index contributed by atoms with van der Waals surface area (Å²) in [6.07, 6.45) is 0. The van der Waals surface area contributed by atoms with E-state index < -0.39 is 5.97 Å². The molecule has 2 rings (SSSR count). The maximum Gasteiger partial charge on any atom is 0.342 e. The summed E-state index contributed by atoms with van der Waals surface area (Å²) in [5.74, 6) is 0.555. The lowest BCUT2D eigenvalue weighted by atomic mass is 10.2. The molecule has 0 aliphatic heterocycles. The Hall–Kier alpha value is -2.38. The van der Waals surface area contributed by atoms with Gasteiger partial charge in [-0.15, -0.1) is 11.8 Å². The van der Waals surface area contributed by atoms with Crippen LogP contribution in [0.3, 0.4) is 0 Å². The van der Waals surface area contributed by atoms with Gasteiger partial charge in [-0.05, 0) is 36.4 Å². The summed E-state index contributed by atoms with van der Waals surface area (Å²) in [5.41, 5.74) is 0.226. The van der Waals surface area contributed by atoms with Crippen LogP contribution in [0.25, 0.3) is 0 Å². The van der Waals surface area contributed by atoms with Crippen LogP contribution in [0.5, 0.6) is 11.5 Å². The molecule has 1 amide bonds. The zero-order valence-corrected chi connectivity index (χ0v) is 16.6. The number of methoxy groups -OCH3 is 2. The first kappa shape index (κ1) is 20.9. The number of rotatable bonds is 9. The molecule has 0 unspecified atom stereocenters. The van der Waals surface area contributed by atoms with Crippen LogP contribution in [0.1, 0.15) is 10.4 Å². The van der Waals surface area contributed by atoms with E-state index in [9.17, 15) is 9.59 Å². The SMILES string of the molecule is COc1ccc(C(=O)OCC(=O)NCCSc2ccc(Cl)cc2)c(OC)c1. The molecule has 8 heteroatoms. The Morgan fingerprint density at radius 2 is 1.81 bits per heavy atom. The summed E-state index contributed by atoms with van der Waals surface area (Å²) < 4.78 is 15.3. The van der Waals surface area contributed by atoms with E-state index in [-0.39, 0.29) is 18.1 Å². The van der Waals surface area contributed by atoms with Gasteiger partial charge in [0.05, 0.1) is 14.2 Å². The molecule has 0 aliphatic carbocycles. The third-order valence-electron chi connectivity index (χ3n) is 3.47. The molecule has 0 atom stereocenters. The third kappa shape index (κ3) is 6.69.